The van der Waals surface area contributed by atoms with E-state index in [-0.39, 0.29) is 6.03 Å². The molecule has 2 amide bonds. The minimum Gasteiger partial charge on any atom is -0.398 e. The van der Waals surface area contributed by atoms with Crippen LogP contribution in [0.15, 0.2) is 18.2 Å². The van der Waals surface area contributed by atoms with Crippen molar-refractivity contribution in [2.24, 2.45) is 0 Å². The number of nitrogen functional groups attached to an aromatic ring is 1. The number of carbonyl (C=O) groups is 1. The molecule has 0 aliphatic heterocycles. The number of hydrogen-bond donors (Lipinski definition) is 2. The van der Waals surface area contributed by atoms with Gasteiger partial charge in [-0.05, 0) is 38.0 Å². The van der Waals surface area contributed by atoms with E-state index >= 15 is 0 Å². The monoisotopic (exact) mass is 235 g/mol. The molecule has 4 nitrogen and oxygen atoms in total. The lowest BCUT2D eigenvalue weighted by molar-refractivity contribution is 0.217. The SMILES string of the molecule is CCc1ccc(NC(=O)N(CC)CC)cc1N. The van der Waals surface area contributed by atoms with Gasteiger partial charge in [-0.25, -0.2) is 4.79 Å². The molecule has 3 N–H and O–H groups in total. The van der Waals surface area contributed by atoms with Crippen molar-refractivity contribution in [1.29, 1.82) is 0 Å². The number of hydrogen-bond acceptors (Lipinski definition) is 2. The van der Waals surface area contributed by atoms with Gasteiger partial charge in [-0.2, -0.15) is 0 Å². The largest absolute Gasteiger partial charge is 0.398 e. The van der Waals surface area contributed by atoms with Gasteiger partial charge < -0.3 is 16.0 Å². The first-order valence-electron chi connectivity index (χ1n) is 6.06. The van der Waals surface area contributed by atoms with Crippen LogP contribution in [0.5, 0.6) is 0 Å². The minimum absolute atomic E-state index is 0.0846. The Morgan fingerprint density at radius 3 is 2.41 bits per heavy atom. The second kappa shape index (κ2) is 6.13. The van der Waals surface area contributed by atoms with Crippen LogP contribution in [-0.4, -0.2) is 24.0 Å². The summed E-state index contributed by atoms with van der Waals surface area (Å²) in [5.41, 5.74) is 8.46. The standard InChI is InChI=1S/C13H21N3O/c1-4-10-7-8-11(9-12(10)14)15-13(17)16(5-2)6-3/h7-9H,4-6,14H2,1-3H3,(H,15,17). The van der Waals surface area contributed by atoms with Gasteiger partial charge in [-0.1, -0.05) is 13.0 Å². The molecule has 0 radical (unpaired) electrons. The predicted octanol–water partition coefficient (Wildman–Crippen LogP) is 2.70. The van der Waals surface area contributed by atoms with Crippen molar-refractivity contribution < 1.29 is 4.79 Å². The zero-order valence-electron chi connectivity index (χ0n) is 10.8. The molecule has 1 aromatic rings. The van der Waals surface area contributed by atoms with Crippen LogP contribution in [0.25, 0.3) is 0 Å². The highest BCUT2D eigenvalue weighted by molar-refractivity contribution is 5.89. The number of aryl methyl sites for hydroxylation is 1. The van der Waals surface area contributed by atoms with Crippen molar-refractivity contribution in [3.63, 3.8) is 0 Å². The molecule has 4 heteroatoms. The number of amides is 2. The molecule has 0 saturated heterocycles. The first-order chi connectivity index (χ1) is 8.12. The summed E-state index contributed by atoms with van der Waals surface area (Å²) in [6, 6.07) is 5.56. The quantitative estimate of drug-likeness (QED) is 0.788. The summed E-state index contributed by atoms with van der Waals surface area (Å²) in [6.07, 6.45) is 0.899. The van der Waals surface area contributed by atoms with Crippen molar-refractivity contribution in [2.75, 3.05) is 24.1 Å². The number of nitrogens with zero attached hydrogens (tertiary/aromatic N) is 1. The van der Waals surface area contributed by atoms with E-state index in [2.05, 4.69) is 12.2 Å². The summed E-state index contributed by atoms with van der Waals surface area (Å²) in [6.45, 7) is 7.37. The number of nitrogens with two attached hydrogens (primary N) is 1. The van der Waals surface area contributed by atoms with Gasteiger partial charge in [0, 0.05) is 24.5 Å². The molecule has 0 fully saturated rings. The molecule has 1 rings (SSSR count). The van der Waals surface area contributed by atoms with Gasteiger partial charge >= 0.3 is 6.03 Å². The van der Waals surface area contributed by atoms with Crippen molar-refractivity contribution in [3.05, 3.63) is 23.8 Å². The minimum atomic E-state index is -0.0846. The average Bonchev–Trinajstić information content (AvgIpc) is 2.31. The Hall–Kier alpha value is -1.71. The highest BCUT2D eigenvalue weighted by atomic mass is 16.2. The van der Waals surface area contributed by atoms with E-state index in [4.69, 9.17) is 5.73 Å². The molecule has 0 heterocycles. The van der Waals surface area contributed by atoms with Crippen LogP contribution < -0.4 is 11.1 Å². The van der Waals surface area contributed by atoms with Crippen LogP contribution in [0.3, 0.4) is 0 Å². The number of rotatable bonds is 4. The molecule has 1 aromatic carbocycles. The fourth-order valence-electron chi connectivity index (χ4n) is 1.71. The van der Waals surface area contributed by atoms with Crippen molar-refractivity contribution in [3.8, 4) is 0 Å². The third kappa shape index (κ3) is 3.37. The highest BCUT2D eigenvalue weighted by Crippen LogP contribution is 2.18. The maximum atomic E-state index is 11.8. The topological polar surface area (TPSA) is 58.4 Å². The zero-order chi connectivity index (χ0) is 12.8. The molecule has 0 saturated carbocycles. The summed E-state index contributed by atoms with van der Waals surface area (Å²) in [7, 11) is 0. The van der Waals surface area contributed by atoms with Gasteiger partial charge in [0.05, 0.1) is 0 Å². The number of benzene rings is 1. The van der Waals surface area contributed by atoms with Crippen LogP contribution in [0.2, 0.25) is 0 Å². The molecule has 94 valence electrons. The predicted molar refractivity (Wildman–Crippen MR) is 72.2 cm³/mol. The molecule has 0 aromatic heterocycles. The van der Waals surface area contributed by atoms with Crippen LogP contribution >= 0.6 is 0 Å². The summed E-state index contributed by atoms with van der Waals surface area (Å²) in [4.78, 5) is 13.5. The van der Waals surface area contributed by atoms with Crippen LogP contribution in [0, 0.1) is 0 Å². The molecule has 0 bridgehead atoms. The van der Waals surface area contributed by atoms with Gasteiger partial charge in [0.2, 0.25) is 0 Å². The Labute approximate surface area is 103 Å². The van der Waals surface area contributed by atoms with Gasteiger partial charge in [-0.15, -0.1) is 0 Å². The van der Waals surface area contributed by atoms with E-state index < -0.39 is 0 Å². The average molecular weight is 235 g/mol. The molecular weight excluding hydrogens is 214 g/mol. The highest BCUT2D eigenvalue weighted by Gasteiger charge is 2.09. The van der Waals surface area contributed by atoms with Gasteiger partial charge in [0.25, 0.3) is 0 Å². The van der Waals surface area contributed by atoms with Gasteiger partial charge in [0.15, 0.2) is 0 Å². The normalized spacial score (nSPS) is 10.1. The van der Waals surface area contributed by atoms with Crippen molar-refractivity contribution in [2.45, 2.75) is 27.2 Å². The van der Waals surface area contributed by atoms with E-state index in [9.17, 15) is 4.79 Å². The Morgan fingerprint density at radius 1 is 1.29 bits per heavy atom. The summed E-state index contributed by atoms with van der Waals surface area (Å²) >= 11 is 0. The summed E-state index contributed by atoms with van der Waals surface area (Å²) in [5, 5.41) is 2.84. The van der Waals surface area contributed by atoms with Crippen LogP contribution in [0.1, 0.15) is 26.3 Å². The fourth-order valence-corrected chi connectivity index (χ4v) is 1.71. The van der Waals surface area contributed by atoms with Crippen molar-refractivity contribution in [1.82, 2.24) is 4.90 Å². The van der Waals surface area contributed by atoms with E-state index in [1.54, 1.807) is 11.0 Å². The zero-order valence-corrected chi connectivity index (χ0v) is 10.8. The Bertz CT molecular complexity index is 386. The molecule has 17 heavy (non-hydrogen) atoms. The lowest BCUT2D eigenvalue weighted by Crippen LogP contribution is -2.34. The molecule has 0 spiro atoms. The fraction of sp³-hybridized carbons (Fsp3) is 0.462. The van der Waals surface area contributed by atoms with E-state index in [1.807, 2.05) is 26.0 Å². The molecular formula is C13H21N3O. The van der Waals surface area contributed by atoms with Crippen molar-refractivity contribution >= 4 is 17.4 Å². The molecule has 0 aliphatic rings. The molecule has 0 unspecified atom stereocenters. The number of urea groups is 1. The second-order valence-corrected chi connectivity index (χ2v) is 3.87. The maximum Gasteiger partial charge on any atom is 0.321 e. The van der Waals surface area contributed by atoms with Gasteiger partial charge in [0.1, 0.15) is 0 Å². The lowest BCUT2D eigenvalue weighted by atomic mass is 10.1. The first kappa shape index (κ1) is 13.4. The third-order valence-electron chi connectivity index (χ3n) is 2.83. The second-order valence-electron chi connectivity index (χ2n) is 3.87. The van der Waals surface area contributed by atoms with E-state index in [0.29, 0.717) is 13.1 Å². The Morgan fingerprint density at radius 2 is 1.94 bits per heavy atom. The number of anilines is 2. The van der Waals surface area contributed by atoms with Gasteiger partial charge in [-0.3, -0.25) is 0 Å². The maximum absolute atomic E-state index is 11.8. The Kier molecular flexibility index (Phi) is 4.82. The number of nitrogens with one attached hydrogen (secondary N) is 1. The van der Waals surface area contributed by atoms with Crippen LogP contribution in [-0.2, 0) is 6.42 Å². The van der Waals surface area contributed by atoms with Crippen LogP contribution in [0.4, 0.5) is 16.2 Å². The molecule has 0 atom stereocenters. The smallest absolute Gasteiger partial charge is 0.321 e. The lowest BCUT2D eigenvalue weighted by Gasteiger charge is -2.19. The molecule has 0 aliphatic carbocycles. The third-order valence-corrected chi connectivity index (χ3v) is 2.83. The van der Waals surface area contributed by atoms with E-state index in [1.165, 1.54) is 0 Å². The number of carbonyl (C=O) groups excluding carboxylic acids is 1. The first-order valence-corrected chi connectivity index (χ1v) is 6.06. The van der Waals surface area contributed by atoms with E-state index in [0.717, 1.165) is 23.4 Å². The summed E-state index contributed by atoms with van der Waals surface area (Å²) in [5.74, 6) is 0. The summed E-state index contributed by atoms with van der Waals surface area (Å²) < 4.78 is 0. The Balaban J connectivity index is 2.75.